The molecule has 3 rings (SSSR count). The van der Waals surface area contributed by atoms with E-state index in [1.807, 2.05) is 0 Å². The van der Waals surface area contributed by atoms with Crippen molar-refractivity contribution in [2.45, 2.75) is 12.8 Å². The van der Waals surface area contributed by atoms with E-state index in [0.29, 0.717) is 24.1 Å². The topological polar surface area (TPSA) is 84.0 Å². The monoisotopic (exact) mass is 268 g/mol. The van der Waals surface area contributed by atoms with Crippen molar-refractivity contribution in [2.75, 3.05) is 10.6 Å². The summed E-state index contributed by atoms with van der Waals surface area (Å²) in [7, 11) is 0. The van der Waals surface area contributed by atoms with Gasteiger partial charge in [0.25, 0.3) is 5.91 Å². The maximum Gasteiger partial charge on any atom is 0.255 e. The summed E-state index contributed by atoms with van der Waals surface area (Å²) >= 11 is 0. The molecule has 0 spiro atoms. The number of nitrogens with zero attached hydrogens (tertiary/aromatic N) is 2. The fourth-order valence-corrected chi connectivity index (χ4v) is 2.09. The number of aromatic nitrogens is 2. The van der Waals surface area contributed by atoms with Gasteiger partial charge in [-0.1, -0.05) is 0 Å². The number of carbonyl (C=O) groups is 2. The molecule has 2 N–H and O–H groups in total. The van der Waals surface area contributed by atoms with E-state index in [1.54, 1.807) is 18.2 Å². The Bertz CT molecular complexity index is 670. The van der Waals surface area contributed by atoms with Crippen LogP contribution in [0.15, 0.2) is 36.9 Å². The summed E-state index contributed by atoms with van der Waals surface area (Å²) < 4.78 is 0. The van der Waals surface area contributed by atoms with E-state index in [1.165, 1.54) is 18.7 Å². The van der Waals surface area contributed by atoms with Crippen LogP contribution in [0.5, 0.6) is 0 Å². The van der Waals surface area contributed by atoms with E-state index >= 15 is 0 Å². The number of rotatable bonds is 2. The van der Waals surface area contributed by atoms with Gasteiger partial charge < -0.3 is 10.6 Å². The third-order valence-corrected chi connectivity index (χ3v) is 3.08. The van der Waals surface area contributed by atoms with Gasteiger partial charge >= 0.3 is 0 Å². The molecule has 2 amide bonds. The van der Waals surface area contributed by atoms with Crippen molar-refractivity contribution in [3.05, 3.63) is 48.0 Å². The second-order valence-electron chi connectivity index (χ2n) is 4.50. The lowest BCUT2D eigenvalue weighted by molar-refractivity contribution is -0.116. The largest absolute Gasteiger partial charge is 0.326 e. The Balaban J connectivity index is 1.81. The fourth-order valence-electron chi connectivity index (χ4n) is 2.09. The third-order valence-electron chi connectivity index (χ3n) is 3.08. The van der Waals surface area contributed by atoms with E-state index in [4.69, 9.17) is 0 Å². The molecular formula is C14H12N4O2. The average molecular weight is 268 g/mol. The van der Waals surface area contributed by atoms with Crippen LogP contribution in [0, 0.1) is 0 Å². The molecule has 2 heterocycles. The lowest BCUT2D eigenvalue weighted by Crippen LogP contribution is -2.20. The second kappa shape index (κ2) is 5.08. The second-order valence-corrected chi connectivity index (χ2v) is 4.50. The Morgan fingerprint density at radius 2 is 2.00 bits per heavy atom. The summed E-state index contributed by atoms with van der Waals surface area (Å²) in [5.41, 5.74) is 2.84. The van der Waals surface area contributed by atoms with Crippen molar-refractivity contribution >= 4 is 23.2 Å². The highest BCUT2D eigenvalue weighted by molar-refractivity contribution is 6.05. The quantitative estimate of drug-likeness (QED) is 0.866. The standard InChI is InChI=1S/C14H12N4O2/c19-13-4-2-9-5-10(1-3-12(9)18-13)14(20)17-11-6-15-8-16-7-11/h1,3,5-8H,2,4H2,(H,17,20)(H,18,19). The van der Waals surface area contributed by atoms with Crippen LogP contribution >= 0.6 is 0 Å². The van der Waals surface area contributed by atoms with Crippen LogP contribution in [0.2, 0.25) is 0 Å². The first kappa shape index (κ1) is 12.3. The molecule has 0 fully saturated rings. The van der Waals surface area contributed by atoms with Crippen molar-refractivity contribution in [2.24, 2.45) is 0 Å². The first-order valence-corrected chi connectivity index (χ1v) is 6.21. The Morgan fingerprint density at radius 1 is 1.20 bits per heavy atom. The molecule has 6 heteroatoms. The molecule has 1 aromatic carbocycles. The zero-order valence-corrected chi connectivity index (χ0v) is 10.6. The number of anilines is 2. The number of hydrogen-bond donors (Lipinski definition) is 2. The highest BCUT2D eigenvalue weighted by atomic mass is 16.2. The molecule has 0 atom stereocenters. The normalized spacial score (nSPS) is 13.3. The average Bonchev–Trinajstić information content (AvgIpc) is 2.47. The molecule has 0 radical (unpaired) electrons. The molecule has 0 aliphatic carbocycles. The molecule has 0 saturated carbocycles. The molecular weight excluding hydrogens is 256 g/mol. The zero-order valence-electron chi connectivity index (χ0n) is 10.6. The van der Waals surface area contributed by atoms with E-state index < -0.39 is 0 Å². The van der Waals surface area contributed by atoms with Crippen LogP contribution in [-0.2, 0) is 11.2 Å². The molecule has 20 heavy (non-hydrogen) atoms. The van der Waals surface area contributed by atoms with Gasteiger partial charge in [-0.3, -0.25) is 9.59 Å². The van der Waals surface area contributed by atoms with Crippen LogP contribution in [0.1, 0.15) is 22.3 Å². The summed E-state index contributed by atoms with van der Waals surface area (Å²) in [5.74, 6) is -0.212. The van der Waals surface area contributed by atoms with Gasteiger partial charge in [0, 0.05) is 17.7 Å². The first-order chi connectivity index (χ1) is 9.72. The minimum absolute atomic E-state index is 0.0103. The molecule has 0 unspecified atom stereocenters. The number of fused-ring (bicyclic) bond motifs is 1. The minimum atomic E-state index is -0.223. The van der Waals surface area contributed by atoms with Crippen molar-refractivity contribution in [1.29, 1.82) is 0 Å². The van der Waals surface area contributed by atoms with E-state index in [0.717, 1.165) is 11.3 Å². The lowest BCUT2D eigenvalue weighted by Gasteiger charge is -2.17. The summed E-state index contributed by atoms with van der Waals surface area (Å²) in [6.07, 6.45) is 5.56. The van der Waals surface area contributed by atoms with Gasteiger partial charge in [0.05, 0.1) is 18.1 Å². The van der Waals surface area contributed by atoms with Crippen LogP contribution in [-0.4, -0.2) is 21.8 Å². The highest BCUT2D eigenvalue weighted by Crippen LogP contribution is 2.23. The zero-order chi connectivity index (χ0) is 13.9. The van der Waals surface area contributed by atoms with Gasteiger partial charge in [-0.05, 0) is 30.2 Å². The van der Waals surface area contributed by atoms with Gasteiger partial charge in [-0.15, -0.1) is 0 Å². The number of benzene rings is 1. The molecule has 1 aromatic heterocycles. The number of carbonyl (C=O) groups excluding carboxylic acids is 2. The molecule has 100 valence electrons. The van der Waals surface area contributed by atoms with Gasteiger partial charge in [-0.2, -0.15) is 0 Å². The van der Waals surface area contributed by atoms with Crippen LogP contribution in [0.4, 0.5) is 11.4 Å². The maximum atomic E-state index is 12.1. The summed E-state index contributed by atoms with van der Waals surface area (Å²) in [6, 6.07) is 5.24. The number of amides is 2. The minimum Gasteiger partial charge on any atom is -0.326 e. The SMILES string of the molecule is O=C1CCc2cc(C(=O)Nc3cncnc3)ccc2N1. The van der Waals surface area contributed by atoms with Crippen LogP contribution in [0.3, 0.4) is 0 Å². The van der Waals surface area contributed by atoms with Crippen molar-refractivity contribution in [3.63, 3.8) is 0 Å². The smallest absolute Gasteiger partial charge is 0.255 e. The highest BCUT2D eigenvalue weighted by Gasteiger charge is 2.16. The number of hydrogen-bond acceptors (Lipinski definition) is 4. The number of nitrogens with one attached hydrogen (secondary N) is 2. The molecule has 1 aliphatic rings. The van der Waals surface area contributed by atoms with Crippen molar-refractivity contribution < 1.29 is 9.59 Å². The summed E-state index contributed by atoms with van der Waals surface area (Å²) in [4.78, 5) is 31.1. The van der Waals surface area contributed by atoms with E-state index in [-0.39, 0.29) is 11.8 Å². The molecule has 6 nitrogen and oxygen atoms in total. The summed E-state index contributed by atoms with van der Waals surface area (Å²) in [6.45, 7) is 0. The molecule has 0 bridgehead atoms. The maximum absolute atomic E-state index is 12.1. The van der Waals surface area contributed by atoms with Crippen molar-refractivity contribution in [1.82, 2.24) is 9.97 Å². The van der Waals surface area contributed by atoms with E-state index in [9.17, 15) is 9.59 Å². The van der Waals surface area contributed by atoms with Gasteiger partial charge in [0.15, 0.2) is 0 Å². The Hall–Kier alpha value is -2.76. The molecule has 1 aliphatic heterocycles. The predicted octanol–water partition coefficient (Wildman–Crippen LogP) is 1.61. The third kappa shape index (κ3) is 2.49. The van der Waals surface area contributed by atoms with E-state index in [2.05, 4.69) is 20.6 Å². The molecule has 2 aromatic rings. The fraction of sp³-hybridized carbons (Fsp3) is 0.143. The Kier molecular flexibility index (Phi) is 3.12. The summed E-state index contributed by atoms with van der Waals surface area (Å²) in [5, 5.41) is 5.51. The Morgan fingerprint density at radius 3 is 2.80 bits per heavy atom. The lowest BCUT2D eigenvalue weighted by atomic mass is 10.00. The predicted molar refractivity (Wildman–Crippen MR) is 73.4 cm³/mol. The number of aryl methyl sites for hydroxylation is 1. The Labute approximate surface area is 115 Å². The van der Waals surface area contributed by atoms with Crippen molar-refractivity contribution in [3.8, 4) is 0 Å². The van der Waals surface area contributed by atoms with Gasteiger partial charge in [-0.25, -0.2) is 9.97 Å². The van der Waals surface area contributed by atoms with Crippen LogP contribution in [0.25, 0.3) is 0 Å². The first-order valence-electron chi connectivity index (χ1n) is 6.21. The van der Waals surface area contributed by atoms with Gasteiger partial charge in [0.2, 0.25) is 5.91 Å². The van der Waals surface area contributed by atoms with Crippen LogP contribution < -0.4 is 10.6 Å². The molecule has 0 saturated heterocycles. The van der Waals surface area contributed by atoms with Gasteiger partial charge in [0.1, 0.15) is 6.33 Å².